The Kier molecular flexibility index (Phi) is 6.96. The van der Waals surface area contributed by atoms with Gasteiger partial charge in [-0.25, -0.2) is 0 Å². The summed E-state index contributed by atoms with van der Waals surface area (Å²) in [5.74, 6) is 0.899. The largest absolute Gasteiger partial charge is 0.396 e. The minimum Gasteiger partial charge on any atom is -0.396 e. The molecule has 5 heteroatoms. The van der Waals surface area contributed by atoms with Crippen LogP contribution in [0.1, 0.15) is 20.3 Å². The summed E-state index contributed by atoms with van der Waals surface area (Å²) in [7, 11) is 0. The molecule has 0 aromatic rings. The molecule has 0 radical (unpaired) electrons. The molecule has 0 spiro atoms. The van der Waals surface area contributed by atoms with Crippen molar-refractivity contribution in [2.24, 2.45) is 5.73 Å². The number of aliphatic hydroxyl groups is 1. The van der Waals surface area contributed by atoms with Crippen molar-refractivity contribution in [1.82, 2.24) is 5.32 Å². The standard InChI is InChI=1S/C9H20N2O2S/c1-3-4-11-9(2,8(10)13)7-14-6-5-12/h11-12H,3-7H2,1-2H3,(H2,10,13). The van der Waals surface area contributed by atoms with E-state index in [0.29, 0.717) is 11.5 Å². The fourth-order valence-electron chi connectivity index (χ4n) is 0.951. The number of hydrogen-bond acceptors (Lipinski definition) is 4. The monoisotopic (exact) mass is 220 g/mol. The highest BCUT2D eigenvalue weighted by Crippen LogP contribution is 2.12. The SMILES string of the molecule is CCCNC(C)(CSCCO)C(N)=O. The van der Waals surface area contributed by atoms with Gasteiger partial charge in [0, 0.05) is 11.5 Å². The van der Waals surface area contributed by atoms with Crippen molar-refractivity contribution in [3.05, 3.63) is 0 Å². The molecule has 0 fully saturated rings. The van der Waals surface area contributed by atoms with Crippen LogP contribution in [-0.4, -0.2) is 41.2 Å². The number of carbonyl (C=O) groups is 1. The summed E-state index contributed by atoms with van der Waals surface area (Å²) >= 11 is 1.53. The van der Waals surface area contributed by atoms with Crippen molar-refractivity contribution in [2.45, 2.75) is 25.8 Å². The van der Waals surface area contributed by atoms with Crippen LogP contribution in [0.2, 0.25) is 0 Å². The molecule has 4 nitrogen and oxygen atoms in total. The first-order chi connectivity index (χ1) is 6.56. The summed E-state index contributed by atoms with van der Waals surface area (Å²) < 4.78 is 0. The molecule has 4 N–H and O–H groups in total. The Balaban J connectivity index is 4.03. The number of rotatable bonds is 8. The smallest absolute Gasteiger partial charge is 0.238 e. The molecule has 0 aliphatic rings. The summed E-state index contributed by atoms with van der Waals surface area (Å²) in [6, 6.07) is 0. The number of aliphatic hydroxyl groups excluding tert-OH is 1. The summed E-state index contributed by atoms with van der Waals surface area (Å²) in [4.78, 5) is 11.2. The topological polar surface area (TPSA) is 75.3 Å². The molecule has 0 aliphatic carbocycles. The Labute approximate surface area is 89.6 Å². The normalized spacial score (nSPS) is 15.1. The van der Waals surface area contributed by atoms with Crippen LogP contribution in [-0.2, 0) is 4.79 Å². The maximum absolute atomic E-state index is 11.2. The molecule has 0 aromatic carbocycles. The third-order valence-corrected chi connectivity index (χ3v) is 3.19. The van der Waals surface area contributed by atoms with E-state index in [4.69, 9.17) is 10.8 Å². The molecule has 84 valence electrons. The molecular formula is C9H20N2O2S. The van der Waals surface area contributed by atoms with Gasteiger partial charge in [0.05, 0.1) is 6.61 Å². The summed E-state index contributed by atoms with van der Waals surface area (Å²) in [6.45, 7) is 4.75. The molecule has 1 atom stereocenters. The first kappa shape index (κ1) is 13.7. The summed E-state index contributed by atoms with van der Waals surface area (Å²) in [5, 5.41) is 11.7. The van der Waals surface area contributed by atoms with E-state index < -0.39 is 5.54 Å². The summed E-state index contributed by atoms with van der Waals surface area (Å²) in [6.07, 6.45) is 0.966. The lowest BCUT2D eigenvalue weighted by molar-refractivity contribution is -0.122. The van der Waals surface area contributed by atoms with Crippen molar-refractivity contribution in [2.75, 3.05) is 24.7 Å². The van der Waals surface area contributed by atoms with Crippen LogP contribution in [0.15, 0.2) is 0 Å². The first-order valence-corrected chi connectivity index (χ1v) is 5.96. The maximum atomic E-state index is 11.2. The van der Waals surface area contributed by atoms with Gasteiger partial charge in [-0.3, -0.25) is 4.79 Å². The minimum atomic E-state index is -0.657. The lowest BCUT2D eigenvalue weighted by Crippen LogP contribution is -2.55. The van der Waals surface area contributed by atoms with Gasteiger partial charge in [0.1, 0.15) is 5.54 Å². The number of thioether (sulfide) groups is 1. The zero-order valence-electron chi connectivity index (χ0n) is 8.88. The predicted octanol–water partition coefficient (Wildman–Crippen LogP) is -0.0445. The van der Waals surface area contributed by atoms with Gasteiger partial charge in [-0.2, -0.15) is 11.8 Å². The predicted molar refractivity (Wildman–Crippen MR) is 60.3 cm³/mol. The highest BCUT2D eigenvalue weighted by molar-refractivity contribution is 7.99. The van der Waals surface area contributed by atoms with Crippen LogP contribution in [0.4, 0.5) is 0 Å². The Bertz CT molecular complexity index is 178. The van der Waals surface area contributed by atoms with E-state index in [1.807, 2.05) is 6.92 Å². The molecule has 0 aliphatic heterocycles. The Morgan fingerprint density at radius 3 is 2.71 bits per heavy atom. The second kappa shape index (κ2) is 7.09. The number of hydrogen-bond donors (Lipinski definition) is 3. The van der Waals surface area contributed by atoms with E-state index in [2.05, 4.69) is 5.32 Å². The van der Waals surface area contributed by atoms with Gasteiger partial charge < -0.3 is 16.2 Å². The fourth-order valence-corrected chi connectivity index (χ4v) is 1.88. The van der Waals surface area contributed by atoms with E-state index in [1.165, 1.54) is 11.8 Å². The molecule has 0 bridgehead atoms. The van der Waals surface area contributed by atoms with E-state index in [-0.39, 0.29) is 12.5 Å². The van der Waals surface area contributed by atoms with Crippen LogP contribution in [0.25, 0.3) is 0 Å². The number of nitrogens with one attached hydrogen (secondary N) is 1. The maximum Gasteiger partial charge on any atom is 0.238 e. The lowest BCUT2D eigenvalue weighted by atomic mass is 10.1. The second-order valence-corrected chi connectivity index (χ2v) is 4.50. The average Bonchev–Trinajstić information content (AvgIpc) is 2.15. The molecule has 14 heavy (non-hydrogen) atoms. The molecule has 0 saturated carbocycles. The molecule has 0 saturated heterocycles. The zero-order valence-corrected chi connectivity index (χ0v) is 9.69. The number of amides is 1. The third-order valence-electron chi connectivity index (χ3n) is 1.94. The van der Waals surface area contributed by atoms with Gasteiger partial charge in [0.15, 0.2) is 0 Å². The number of primary amides is 1. The van der Waals surface area contributed by atoms with Crippen molar-refractivity contribution in [3.63, 3.8) is 0 Å². The molecule has 0 rings (SSSR count). The Morgan fingerprint density at radius 1 is 1.64 bits per heavy atom. The van der Waals surface area contributed by atoms with E-state index in [0.717, 1.165) is 13.0 Å². The molecule has 1 unspecified atom stereocenters. The van der Waals surface area contributed by atoms with Crippen molar-refractivity contribution in [1.29, 1.82) is 0 Å². The molecular weight excluding hydrogens is 200 g/mol. The number of nitrogens with two attached hydrogens (primary N) is 1. The van der Waals surface area contributed by atoms with Crippen LogP contribution in [0.5, 0.6) is 0 Å². The lowest BCUT2D eigenvalue weighted by Gasteiger charge is -2.26. The Hall–Kier alpha value is -0.260. The van der Waals surface area contributed by atoms with Crippen molar-refractivity contribution < 1.29 is 9.90 Å². The number of carbonyl (C=O) groups excluding carboxylic acids is 1. The van der Waals surface area contributed by atoms with Gasteiger partial charge in [-0.15, -0.1) is 0 Å². The van der Waals surface area contributed by atoms with E-state index in [9.17, 15) is 4.79 Å². The van der Waals surface area contributed by atoms with Crippen LogP contribution >= 0.6 is 11.8 Å². The quantitative estimate of drug-likeness (QED) is 0.502. The van der Waals surface area contributed by atoms with Crippen LogP contribution < -0.4 is 11.1 Å². The van der Waals surface area contributed by atoms with Crippen molar-refractivity contribution in [3.8, 4) is 0 Å². The van der Waals surface area contributed by atoms with Gasteiger partial charge in [-0.1, -0.05) is 6.92 Å². The third kappa shape index (κ3) is 4.83. The van der Waals surface area contributed by atoms with Gasteiger partial charge in [-0.05, 0) is 19.9 Å². The summed E-state index contributed by atoms with van der Waals surface area (Å²) in [5.41, 5.74) is 4.66. The van der Waals surface area contributed by atoms with Gasteiger partial charge in [0.2, 0.25) is 5.91 Å². The second-order valence-electron chi connectivity index (χ2n) is 3.40. The molecule has 1 amide bonds. The highest BCUT2D eigenvalue weighted by Gasteiger charge is 2.29. The van der Waals surface area contributed by atoms with Crippen LogP contribution in [0.3, 0.4) is 0 Å². The van der Waals surface area contributed by atoms with Gasteiger partial charge >= 0.3 is 0 Å². The zero-order chi connectivity index (χ0) is 11.0. The Morgan fingerprint density at radius 2 is 2.29 bits per heavy atom. The van der Waals surface area contributed by atoms with E-state index in [1.54, 1.807) is 6.92 Å². The first-order valence-electron chi connectivity index (χ1n) is 4.80. The highest BCUT2D eigenvalue weighted by atomic mass is 32.2. The average molecular weight is 220 g/mol. The molecule has 0 heterocycles. The fraction of sp³-hybridized carbons (Fsp3) is 0.889. The van der Waals surface area contributed by atoms with Crippen LogP contribution in [0, 0.1) is 0 Å². The van der Waals surface area contributed by atoms with Gasteiger partial charge in [0.25, 0.3) is 0 Å². The van der Waals surface area contributed by atoms with Crippen molar-refractivity contribution >= 4 is 17.7 Å². The minimum absolute atomic E-state index is 0.132. The van der Waals surface area contributed by atoms with E-state index >= 15 is 0 Å². The molecule has 0 aromatic heterocycles.